The summed E-state index contributed by atoms with van der Waals surface area (Å²) in [5, 5.41) is 3.47. The minimum atomic E-state index is 0.290. The van der Waals surface area contributed by atoms with Crippen LogP contribution in [0.1, 0.15) is 18.1 Å². The molecule has 1 saturated heterocycles. The van der Waals surface area contributed by atoms with Crippen LogP contribution in [0.15, 0.2) is 18.2 Å². The number of benzene rings is 1. The molecule has 0 radical (unpaired) electrons. The Morgan fingerprint density at radius 2 is 2.18 bits per heavy atom. The fourth-order valence-corrected chi connectivity index (χ4v) is 2.05. The summed E-state index contributed by atoms with van der Waals surface area (Å²) in [6.45, 7) is 8.51. The van der Waals surface area contributed by atoms with E-state index in [1.165, 1.54) is 11.1 Å². The van der Waals surface area contributed by atoms with E-state index in [1.807, 2.05) is 12.1 Å². The van der Waals surface area contributed by atoms with Crippen LogP contribution in [0.5, 0.6) is 5.75 Å². The molecule has 2 rings (SSSR count). The highest BCUT2D eigenvalue weighted by molar-refractivity contribution is 5.38. The highest BCUT2D eigenvalue weighted by atomic mass is 16.5. The van der Waals surface area contributed by atoms with Gasteiger partial charge in [-0.15, -0.1) is 0 Å². The lowest BCUT2D eigenvalue weighted by molar-refractivity contribution is 0.0352. The number of hydrogen-bond acceptors (Lipinski definition) is 3. The molecule has 2 unspecified atom stereocenters. The first-order chi connectivity index (χ1) is 8.16. The summed E-state index contributed by atoms with van der Waals surface area (Å²) in [6.07, 6.45) is 0. The maximum absolute atomic E-state index is 5.86. The van der Waals surface area contributed by atoms with Gasteiger partial charge in [0.2, 0.25) is 0 Å². The predicted octanol–water partition coefficient (Wildman–Crippen LogP) is 2.06. The van der Waals surface area contributed by atoms with Gasteiger partial charge in [0, 0.05) is 6.04 Å². The fourth-order valence-electron chi connectivity index (χ4n) is 2.05. The van der Waals surface area contributed by atoms with E-state index in [0.29, 0.717) is 18.7 Å². The minimum Gasteiger partial charge on any atom is -0.492 e. The number of aryl methyl sites for hydroxylation is 1. The van der Waals surface area contributed by atoms with Gasteiger partial charge in [0.25, 0.3) is 0 Å². The van der Waals surface area contributed by atoms with Crippen LogP contribution in [0.3, 0.4) is 0 Å². The van der Waals surface area contributed by atoms with E-state index in [-0.39, 0.29) is 0 Å². The van der Waals surface area contributed by atoms with Crippen LogP contribution in [0.4, 0.5) is 0 Å². The molecule has 0 amide bonds. The maximum Gasteiger partial charge on any atom is 0.122 e. The quantitative estimate of drug-likeness (QED) is 0.870. The Morgan fingerprint density at radius 3 is 2.94 bits per heavy atom. The molecule has 3 heteroatoms. The van der Waals surface area contributed by atoms with E-state index in [0.717, 1.165) is 19.0 Å². The van der Waals surface area contributed by atoms with Gasteiger partial charge in [0.1, 0.15) is 12.4 Å². The van der Waals surface area contributed by atoms with Crippen LogP contribution in [0.2, 0.25) is 0 Å². The number of ether oxygens (including phenoxy) is 2. The van der Waals surface area contributed by atoms with Crippen molar-refractivity contribution in [2.24, 2.45) is 0 Å². The molecule has 1 fully saturated rings. The predicted molar refractivity (Wildman–Crippen MR) is 68.6 cm³/mol. The molecule has 0 aromatic heterocycles. The highest BCUT2D eigenvalue weighted by Crippen LogP contribution is 2.20. The highest BCUT2D eigenvalue weighted by Gasteiger charge is 2.18. The molecule has 0 aliphatic carbocycles. The van der Waals surface area contributed by atoms with E-state index >= 15 is 0 Å². The monoisotopic (exact) mass is 235 g/mol. The molecule has 1 aromatic carbocycles. The molecule has 1 aliphatic rings. The van der Waals surface area contributed by atoms with Crippen molar-refractivity contribution >= 4 is 0 Å². The van der Waals surface area contributed by atoms with E-state index in [4.69, 9.17) is 9.47 Å². The fraction of sp³-hybridized carbons (Fsp3) is 0.571. The number of nitrogens with one attached hydrogen (secondary N) is 1. The lowest BCUT2D eigenvalue weighted by atomic mass is 10.1. The van der Waals surface area contributed by atoms with E-state index in [9.17, 15) is 0 Å². The standard InChI is InChI=1S/C14H21NO2/c1-10-5-4-6-14(12(10)3)17-9-13-8-16-7-11(2)15-13/h4-6,11,13,15H,7-9H2,1-3H3. The molecule has 1 heterocycles. The summed E-state index contributed by atoms with van der Waals surface area (Å²) in [5.41, 5.74) is 2.49. The topological polar surface area (TPSA) is 30.5 Å². The summed E-state index contributed by atoms with van der Waals surface area (Å²) in [6, 6.07) is 6.86. The third-order valence-corrected chi connectivity index (χ3v) is 3.20. The van der Waals surface area contributed by atoms with Crippen molar-refractivity contribution in [2.75, 3.05) is 19.8 Å². The Labute approximate surface area is 103 Å². The number of rotatable bonds is 3. The van der Waals surface area contributed by atoms with Crippen LogP contribution in [0.25, 0.3) is 0 Å². The van der Waals surface area contributed by atoms with Crippen molar-refractivity contribution in [1.29, 1.82) is 0 Å². The SMILES string of the molecule is Cc1cccc(OCC2COCC(C)N2)c1C. The second kappa shape index (κ2) is 5.52. The lowest BCUT2D eigenvalue weighted by Crippen LogP contribution is -2.50. The van der Waals surface area contributed by atoms with Gasteiger partial charge in [-0.1, -0.05) is 12.1 Å². The maximum atomic E-state index is 5.86. The van der Waals surface area contributed by atoms with Crippen molar-refractivity contribution in [1.82, 2.24) is 5.32 Å². The molecule has 0 bridgehead atoms. The van der Waals surface area contributed by atoms with Crippen LogP contribution < -0.4 is 10.1 Å². The summed E-state index contributed by atoms with van der Waals surface area (Å²) >= 11 is 0. The van der Waals surface area contributed by atoms with Crippen LogP contribution in [-0.2, 0) is 4.74 Å². The average Bonchev–Trinajstić information content (AvgIpc) is 2.31. The van der Waals surface area contributed by atoms with Crippen LogP contribution in [0, 0.1) is 13.8 Å². The zero-order valence-corrected chi connectivity index (χ0v) is 10.8. The van der Waals surface area contributed by atoms with Crippen molar-refractivity contribution in [3.8, 4) is 5.75 Å². The van der Waals surface area contributed by atoms with Gasteiger partial charge >= 0.3 is 0 Å². The Hall–Kier alpha value is -1.06. The third kappa shape index (κ3) is 3.20. The molecule has 0 saturated carbocycles. The molecule has 1 aliphatic heterocycles. The first-order valence-electron chi connectivity index (χ1n) is 6.19. The molecule has 94 valence electrons. The molecule has 3 nitrogen and oxygen atoms in total. The van der Waals surface area contributed by atoms with Gasteiger partial charge < -0.3 is 14.8 Å². The van der Waals surface area contributed by atoms with Gasteiger partial charge in [-0.05, 0) is 38.0 Å². The Morgan fingerprint density at radius 1 is 1.35 bits per heavy atom. The minimum absolute atomic E-state index is 0.290. The van der Waals surface area contributed by atoms with Gasteiger partial charge in [-0.2, -0.15) is 0 Å². The third-order valence-electron chi connectivity index (χ3n) is 3.20. The van der Waals surface area contributed by atoms with Gasteiger partial charge in [0.15, 0.2) is 0 Å². The molecule has 0 spiro atoms. The smallest absolute Gasteiger partial charge is 0.122 e. The van der Waals surface area contributed by atoms with Crippen molar-refractivity contribution in [3.63, 3.8) is 0 Å². The van der Waals surface area contributed by atoms with Crippen molar-refractivity contribution in [2.45, 2.75) is 32.9 Å². The summed E-state index contributed by atoms with van der Waals surface area (Å²) < 4.78 is 11.4. The second-order valence-electron chi connectivity index (χ2n) is 4.81. The molecule has 17 heavy (non-hydrogen) atoms. The Kier molecular flexibility index (Phi) is 4.02. The van der Waals surface area contributed by atoms with Gasteiger partial charge in [-0.3, -0.25) is 0 Å². The van der Waals surface area contributed by atoms with E-state index < -0.39 is 0 Å². The average molecular weight is 235 g/mol. The van der Waals surface area contributed by atoms with Crippen LogP contribution >= 0.6 is 0 Å². The molecule has 1 aromatic rings. The normalized spacial score (nSPS) is 24.6. The molecule has 2 atom stereocenters. The number of hydrogen-bond donors (Lipinski definition) is 1. The van der Waals surface area contributed by atoms with Gasteiger partial charge in [-0.25, -0.2) is 0 Å². The molecular formula is C14H21NO2. The molecular weight excluding hydrogens is 214 g/mol. The summed E-state index contributed by atoms with van der Waals surface area (Å²) in [4.78, 5) is 0. The van der Waals surface area contributed by atoms with E-state index in [1.54, 1.807) is 0 Å². The first kappa shape index (κ1) is 12.4. The largest absolute Gasteiger partial charge is 0.492 e. The lowest BCUT2D eigenvalue weighted by Gasteiger charge is -2.29. The molecule has 1 N–H and O–H groups in total. The zero-order chi connectivity index (χ0) is 12.3. The second-order valence-corrected chi connectivity index (χ2v) is 4.81. The van der Waals surface area contributed by atoms with Gasteiger partial charge in [0.05, 0.1) is 19.3 Å². The first-order valence-corrected chi connectivity index (χ1v) is 6.19. The Balaban J connectivity index is 1.91. The van der Waals surface area contributed by atoms with Crippen molar-refractivity contribution in [3.05, 3.63) is 29.3 Å². The Bertz CT molecular complexity index is 378. The summed E-state index contributed by atoms with van der Waals surface area (Å²) in [5.74, 6) is 0.977. The summed E-state index contributed by atoms with van der Waals surface area (Å²) in [7, 11) is 0. The van der Waals surface area contributed by atoms with Crippen molar-refractivity contribution < 1.29 is 9.47 Å². The zero-order valence-electron chi connectivity index (χ0n) is 10.8. The number of morpholine rings is 1. The van der Waals surface area contributed by atoms with Crippen LogP contribution in [-0.4, -0.2) is 31.9 Å². The van der Waals surface area contributed by atoms with E-state index in [2.05, 4.69) is 32.2 Å².